The van der Waals surface area contributed by atoms with Crippen LogP contribution < -0.4 is 16.0 Å². The Labute approximate surface area is 153 Å². The minimum absolute atomic E-state index is 0.0147. The van der Waals surface area contributed by atoms with Gasteiger partial charge >= 0.3 is 0 Å². The highest BCUT2D eigenvalue weighted by Crippen LogP contribution is 2.16. The van der Waals surface area contributed by atoms with Gasteiger partial charge in [0.2, 0.25) is 5.91 Å². The number of rotatable bonds is 6. The first-order valence-corrected chi connectivity index (χ1v) is 8.65. The number of guanidine groups is 1. The fraction of sp³-hybridized carbons (Fsp3) is 0.300. The maximum atomic E-state index is 13.8. The molecule has 1 atom stereocenters. The van der Waals surface area contributed by atoms with E-state index in [0.29, 0.717) is 18.1 Å². The Balaban J connectivity index is 1.99. The Hall–Kier alpha value is -2.89. The van der Waals surface area contributed by atoms with Crippen molar-refractivity contribution >= 4 is 17.6 Å². The molecular formula is C20H25FN4O. The summed E-state index contributed by atoms with van der Waals surface area (Å²) < 4.78 is 13.8. The van der Waals surface area contributed by atoms with E-state index >= 15 is 0 Å². The van der Waals surface area contributed by atoms with Crippen LogP contribution in [0.4, 0.5) is 10.1 Å². The number of benzene rings is 2. The van der Waals surface area contributed by atoms with E-state index in [9.17, 15) is 9.18 Å². The van der Waals surface area contributed by atoms with Crippen molar-refractivity contribution in [2.75, 3.05) is 18.4 Å². The smallest absolute Gasteiger partial charge is 0.246 e. The van der Waals surface area contributed by atoms with Crippen LogP contribution in [0.1, 0.15) is 31.0 Å². The maximum absolute atomic E-state index is 13.8. The minimum atomic E-state index is -0.236. The fourth-order valence-corrected chi connectivity index (χ4v) is 2.36. The molecule has 2 rings (SSSR count). The van der Waals surface area contributed by atoms with Crippen LogP contribution in [0.15, 0.2) is 53.5 Å². The summed E-state index contributed by atoms with van der Waals surface area (Å²) in [5.74, 6) is 0.0620. The van der Waals surface area contributed by atoms with Gasteiger partial charge in [0.1, 0.15) is 12.4 Å². The predicted molar refractivity (Wildman–Crippen MR) is 104 cm³/mol. The first-order valence-electron chi connectivity index (χ1n) is 8.65. The molecule has 0 radical (unpaired) electrons. The number of carbonyl (C=O) groups is 1. The molecule has 0 aliphatic carbocycles. The standard InChI is InChI=1S/C20H25FN4O/c1-4-22-20(23-13-19(26)25-17-8-6-5-7-9-17)24-15(3)16-11-10-14(2)18(21)12-16/h5-12,15H,4,13H2,1-3H3,(H,25,26)(H2,22,23,24). The lowest BCUT2D eigenvalue weighted by Crippen LogP contribution is -2.39. The zero-order valence-electron chi connectivity index (χ0n) is 15.3. The van der Waals surface area contributed by atoms with Crippen LogP contribution in [0.2, 0.25) is 0 Å². The van der Waals surface area contributed by atoms with Crippen molar-refractivity contribution in [2.24, 2.45) is 4.99 Å². The highest BCUT2D eigenvalue weighted by molar-refractivity contribution is 5.94. The summed E-state index contributed by atoms with van der Waals surface area (Å²) in [6.45, 7) is 6.23. The van der Waals surface area contributed by atoms with Crippen molar-refractivity contribution in [3.8, 4) is 0 Å². The Morgan fingerprint density at radius 1 is 1.19 bits per heavy atom. The summed E-state index contributed by atoms with van der Waals surface area (Å²) in [5.41, 5.74) is 2.15. The molecular weight excluding hydrogens is 331 g/mol. The van der Waals surface area contributed by atoms with Gasteiger partial charge in [0.25, 0.3) is 0 Å². The number of nitrogens with one attached hydrogen (secondary N) is 3. The van der Waals surface area contributed by atoms with Crippen molar-refractivity contribution in [2.45, 2.75) is 26.8 Å². The van der Waals surface area contributed by atoms with Crippen LogP contribution in [0, 0.1) is 12.7 Å². The zero-order valence-corrected chi connectivity index (χ0v) is 15.3. The third-order valence-electron chi connectivity index (χ3n) is 3.83. The largest absolute Gasteiger partial charge is 0.357 e. The lowest BCUT2D eigenvalue weighted by molar-refractivity contribution is -0.114. The monoisotopic (exact) mass is 356 g/mol. The Kier molecular flexibility index (Phi) is 7.14. The second-order valence-electron chi connectivity index (χ2n) is 5.98. The van der Waals surface area contributed by atoms with E-state index in [1.807, 2.05) is 50.2 Å². The summed E-state index contributed by atoms with van der Waals surface area (Å²) in [5, 5.41) is 9.07. The molecule has 26 heavy (non-hydrogen) atoms. The SMILES string of the molecule is CCNC(=NCC(=O)Nc1ccccc1)NC(C)c1ccc(C)c(F)c1. The number of hydrogen-bond acceptors (Lipinski definition) is 2. The first-order chi connectivity index (χ1) is 12.5. The average Bonchev–Trinajstić information content (AvgIpc) is 2.63. The zero-order chi connectivity index (χ0) is 18.9. The van der Waals surface area contributed by atoms with Gasteiger partial charge in [-0.05, 0) is 50.1 Å². The average molecular weight is 356 g/mol. The normalized spacial score (nSPS) is 12.4. The molecule has 0 aromatic heterocycles. The van der Waals surface area contributed by atoms with Gasteiger partial charge in [-0.3, -0.25) is 4.79 Å². The van der Waals surface area contributed by atoms with Crippen LogP contribution in [0.3, 0.4) is 0 Å². The number of anilines is 1. The summed E-state index contributed by atoms with van der Waals surface area (Å²) in [4.78, 5) is 16.3. The molecule has 5 nitrogen and oxygen atoms in total. The van der Waals surface area contributed by atoms with Crippen LogP contribution in [0.25, 0.3) is 0 Å². The molecule has 2 aromatic rings. The van der Waals surface area contributed by atoms with E-state index in [1.165, 1.54) is 6.07 Å². The summed E-state index contributed by atoms with van der Waals surface area (Å²) in [6.07, 6.45) is 0. The minimum Gasteiger partial charge on any atom is -0.357 e. The molecule has 6 heteroatoms. The maximum Gasteiger partial charge on any atom is 0.246 e. The Morgan fingerprint density at radius 2 is 1.92 bits per heavy atom. The van der Waals surface area contributed by atoms with Gasteiger partial charge in [0, 0.05) is 12.2 Å². The van der Waals surface area contributed by atoms with Gasteiger partial charge in [-0.25, -0.2) is 9.38 Å². The lowest BCUT2D eigenvalue weighted by Gasteiger charge is -2.18. The van der Waals surface area contributed by atoms with Crippen molar-refractivity contribution in [3.63, 3.8) is 0 Å². The van der Waals surface area contributed by atoms with E-state index in [-0.39, 0.29) is 24.3 Å². The topological polar surface area (TPSA) is 65.5 Å². The number of aryl methyl sites for hydroxylation is 1. The molecule has 0 spiro atoms. The quantitative estimate of drug-likeness (QED) is 0.549. The number of amides is 1. The molecule has 0 saturated carbocycles. The van der Waals surface area contributed by atoms with Crippen LogP contribution in [-0.4, -0.2) is 25.0 Å². The van der Waals surface area contributed by atoms with Gasteiger partial charge in [0.05, 0.1) is 6.04 Å². The molecule has 0 fully saturated rings. The van der Waals surface area contributed by atoms with Gasteiger partial charge in [-0.2, -0.15) is 0 Å². The van der Waals surface area contributed by atoms with Crippen molar-refractivity contribution in [3.05, 3.63) is 65.5 Å². The van der Waals surface area contributed by atoms with Crippen molar-refractivity contribution in [1.29, 1.82) is 0 Å². The molecule has 1 unspecified atom stereocenters. The number of hydrogen-bond donors (Lipinski definition) is 3. The predicted octanol–water partition coefficient (Wildman–Crippen LogP) is 3.39. The van der Waals surface area contributed by atoms with E-state index in [4.69, 9.17) is 0 Å². The van der Waals surface area contributed by atoms with Crippen LogP contribution in [-0.2, 0) is 4.79 Å². The van der Waals surface area contributed by atoms with Gasteiger partial charge in [-0.15, -0.1) is 0 Å². The highest BCUT2D eigenvalue weighted by atomic mass is 19.1. The Morgan fingerprint density at radius 3 is 2.58 bits per heavy atom. The molecule has 1 amide bonds. The second-order valence-corrected chi connectivity index (χ2v) is 5.98. The number of halogens is 1. The number of carbonyl (C=O) groups excluding carboxylic acids is 1. The molecule has 0 aliphatic heterocycles. The van der Waals surface area contributed by atoms with Gasteiger partial charge < -0.3 is 16.0 Å². The molecule has 0 heterocycles. The summed E-state index contributed by atoms with van der Waals surface area (Å²) in [7, 11) is 0. The van der Waals surface area contributed by atoms with Crippen molar-refractivity contribution in [1.82, 2.24) is 10.6 Å². The van der Waals surface area contributed by atoms with Crippen molar-refractivity contribution < 1.29 is 9.18 Å². The van der Waals surface area contributed by atoms with E-state index < -0.39 is 0 Å². The molecule has 2 aromatic carbocycles. The first kappa shape index (κ1) is 19.4. The molecule has 0 aliphatic rings. The van der Waals surface area contributed by atoms with E-state index in [2.05, 4.69) is 20.9 Å². The van der Waals surface area contributed by atoms with Crippen LogP contribution in [0.5, 0.6) is 0 Å². The highest BCUT2D eigenvalue weighted by Gasteiger charge is 2.10. The third-order valence-corrected chi connectivity index (χ3v) is 3.83. The summed E-state index contributed by atoms with van der Waals surface area (Å²) >= 11 is 0. The third kappa shape index (κ3) is 5.88. The molecule has 138 valence electrons. The second kappa shape index (κ2) is 9.56. The van der Waals surface area contributed by atoms with E-state index in [0.717, 1.165) is 11.3 Å². The van der Waals surface area contributed by atoms with E-state index in [1.54, 1.807) is 13.0 Å². The van der Waals surface area contributed by atoms with Gasteiger partial charge in [0.15, 0.2) is 5.96 Å². The Bertz CT molecular complexity index is 762. The number of aliphatic imine (C=N–C) groups is 1. The number of para-hydroxylation sites is 1. The summed E-state index contributed by atoms with van der Waals surface area (Å²) in [6, 6.07) is 14.2. The van der Waals surface area contributed by atoms with Gasteiger partial charge in [-0.1, -0.05) is 30.3 Å². The fourth-order valence-electron chi connectivity index (χ4n) is 2.36. The molecule has 0 bridgehead atoms. The molecule has 3 N–H and O–H groups in total. The molecule has 0 saturated heterocycles. The van der Waals surface area contributed by atoms with Crippen LogP contribution >= 0.6 is 0 Å². The lowest BCUT2D eigenvalue weighted by atomic mass is 10.1. The number of nitrogens with zero attached hydrogens (tertiary/aromatic N) is 1.